The van der Waals surface area contributed by atoms with Gasteiger partial charge in [0.2, 0.25) is 0 Å². The van der Waals surface area contributed by atoms with E-state index in [1.54, 1.807) is 49.4 Å². The molecule has 172 valence electrons. The second-order valence-electron chi connectivity index (χ2n) is 7.48. The molecule has 1 aromatic carbocycles. The van der Waals surface area contributed by atoms with Gasteiger partial charge in [-0.1, -0.05) is 42.9 Å². The number of nitrogens with two attached hydrogens (primary N) is 1. The van der Waals surface area contributed by atoms with E-state index >= 15 is 4.39 Å². The summed E-state index contributed by atoms with van der Waals surface area (Å²) < 4.78 is 29.4. The molecule has 0 spiro atoms. The summed E-state index contributed by atoms with van der Waals surface area (Å²) in [4.78, 5) is 12.1. The highest BCUT2D eigenvalue weighted by Gasteiger charge is 2.19. The third kappa shape index (κ3) is 5.38. The Bertz CT molecular complexity index is 1360. The molecular weight excluding hydrogens is 430 g/mol. The van der Waals surface area contributed by atoms with Gasteiger partial charge in [-0.2, -0.15) is 0 Å². The molecule has 2 aromatic heterocycles. The Labute approximate surface area is 198 Å². The molecule has 3 rings (SSSR count). The van der Waals surface area contributed by atoms with Crippen molar-refractivity contribution in [2.45, 2.75) is 27.2 Å². The van der Waals surface area contributed by atoms with E-state index in [2.05, 4.69) is 33.4 Å². The first kappa shape index (κ1) is 24.4. The van der Waals surface area contributed by atoms with Crippen molar-refractivity contribution in [2.75, 3.05) is 5.73 Å². The number of hydrogen-bond acceptors (Lipinski definition) is 3. The highest BCUT2D eigenvalue weighted by molar-refractivity contribution is 5.80. The second-order valence-corrected chi connectivity index (χ2v) is 7.48. The van der Waals surface area contributed by atoms with Crippen LogP contribution in [0.4, 0.5) is 14.6 Å². The standard InChI is InChI=1S/C28H26F2N4/c1-5-8-9-12-19(7-3)24-17-32-28(31)23(26(24)30)16-25-33-18(4)27(34-25)22(11-6-2)20-13-10-14-21(29)15-20/h6-7,9-15,17H,2,16H2,1,3-4H3,(H2,31,32)(H,33,34)/b12-9-,19-7+,22-11-. The number of pyridine rings is 1. The van der Waals surface area contributed by atoms with Gasteiger partial charge in [0.25, 0.3) is 0 Å². The molecule has 6 heteroatoms. The lowest BCUT2D eigenvalue weighted by molar-refractivity contribution is 0.607. The summed E-state index contributed by atoms with van der Waals surface area (Å²) in [6.07, 6.45) is 10.1. The van der Waals surface area contributed by atoms with Crippen LogP contribution in [0.2, 0.25) is 0 Å². The van der Waals surface area contributed by atoms with Gasteiger partial charge in [0.05, 0.1) is 5.69 Å². The summed E-state index contributed by atoms with van der Waals surface area (Å²) in [5.41, 5.74) is 10.0. The molecule has 0 radical (unpaired) electrons. The van der Waals surface area contributed by atoms with Gasteiger partial charge >= 0.3 is 0 Å². The zero-order chi connectivity index (χ0) is 24.7. The largest absolute Gasteiger partial charge is 0.383 e. The fourth-order valence-corrected chi connectivity index (χ4v) is 3.59. The molecule has 34 heavy (non-hydrogen) atoms. The van der Waals surface area contributed by atoms with Crippen molar-refractivity contribution in [3.05, 3.63) is 113 Å². The predicted octanol–water partition coefficient (Wildman–Crippen LogP) is 6.16. The normalized spacial score (nSPS) is 12.0. The van der Waals surface area contributed by atoms with Crippen molar-refractivity contribution in [3.63, 3.8) is 0 Å². The van der Waals surface area contributed by atoms with Crippen LogP contribution >= 0.6 is 0 Å². The van der Waals surface area contributed by atoms with Gasteiger partial charge in [-0.05, 0) is 56.2 Å². The van der Waals surface area contributed by atoms with Gasteiger partial charge in [0.1, 0.15) is 23.3 Å². The fourth-order valence-electron chi connectivity index (χ4n) is 3.59. The number of allylic oxidation sites excluding steroid dienone is 6. The number of aromatic amines is 1. The first-order valence-electron chi connectivity index (χ1n) is 10.7. The third-order valence-corrected chi connectivity index (χ3v) is 5.21. The molecule has 0 saturated heterocycles. The maximum Gasteiger partial charge on any atom is 0.139 e. The third-order valence-electron chi connectivity index (χ3n) is 5.21. The average molecular weight is 457 g/mol. The number of rotatable bonds is 7. The van der Waals surface area contributed by atoms with Gasteiger partial charge in [-0.15, -0.1) is 5.92 Å². The summed E-state index contributed by atoms with van der Waals surface area (Å²) >= 11 is 0. The highest BCUT2D eigenvalue weighted by atomic mass is 19.1. The second kappa shape index (κ2) is 11.1. The minimum atomic E-state index is -0.461. The van der Waals surface area contributed by atoms with Crippen molar-refractivity contribution in [2.24, 2.45) is 0 Å². The van der Waals surface area contributed by atoms with Gasteiger partial charge in [-0.25, -0.2) is 18.7 Å². The number of H-pyrrole nitrogens is 1. The summed E-state index contributed by atoms with van der Waals surface area (Å²) in [7, 11) is 0. The van der Waals surface area contributed by atoms with Crippen LogP contribution in [-0.2, 0) is 6.42 Å². The van der Waals surface area contributed by atoms with Crippen molar-refractivity contribution in [1.82, 2.24) is 15.0 Å². The zero-order valence-electron chi connectivity index (χ0n) is 19.4. The zero-order valence-corrected chi connectivity index (χ0v) is 19.4. The van der Waals surface area contributed by atoms with Crippen molar-refractivity contribution >= 4 is 17.0 Å². The number of aromatic nitrogens is 3. The highest BCUT2D eigenvalue weighted by Crippen LogP contribution is 2.29. The lowest BCUT2D eigenvalue weighted by Crippen LogP contribution is -2.06. The molecule has 0 saturated carbocycles. The molecule has 0 fully saturated rings. The minimum absolute atomic E-state index is 0.0941. The number of aryl methyl sites for hydroxylation is 1. The Morgan fingerprint density at radius 2 is 2.09 bits per heavy atom. The first-order valence-corrected chi connectivity index (χ1v) is 10.7. The number of nitrogens with zero attached hydrogens (tertiary/aromatic N) is 2. The van der Waals surface area contributed by atoms with Gasteiger partial charge in [0.15, 0.2) is 0 Å². The number of imidazole rings is 1. The van der Waals surface area contributed by atoms with E-state index in [1.807, 2.05) is 13.8 Å². The molecular formula is C28H26F2N4. The maximum absolute atomic E-state index is 15.5. The molecule has 0 aliphatic rings. The van der Waals surface area contributed by atoms with E-state index in [0.717, 1.165) is 5.69 Å². The number of benzene rings is 1. The quantitative estimate of drug-likeness (QED) is 0.330. The van der Waals surface area contributed by atoms with Crippen LogP contribution in [0, 0.1) is 30.4 Å². The van der Waals surface area contributed by atoms with E-state index in [4.69, 9.17) is 5.73 Å². The number of nitrogens with one attached hydrogen (secondary N) is 1. The Morgan fingerprint density at radius 3 is 2.76 bits per heavy atom. The van der Waals surface area contributed by atoms with Crippen LogP contribution in [0.5, 0.6) is 0 Å². The average Bonchev–Trinajstić information content (AvgIpc) is 3.18. The number of hydrogen-bond donors (Lipinski definition) is 2. The first-order chi connectivity index (χ1) is 16.4. The Kier molecular flexibility index (Phi) is 7.94. The van der Waals surface area contributed by atoms with Crippen LogP contribution in [0.1, 0.15) is 47.8 Å². The molecule has 4 nitrogen and oxygen atoms in total. The smallest absolute Gasteiger partial charge is 0.139 e. The monoisotopic (exact) mass is 456 g/mol. The topological polar surface area (TPSA) is 67.6 Å². The molecule has 0 unspecified atom stereocenters. The maximum atomic E-state index is 15.5. The molecule has 2 heterocycles. The van der Waals surface area contributed by atoms with Crippen molar-refractivity contribution < 1.29 is 8.78 Å². The van der Waals surface area contributed by atoms with E-state index in [-0.39, 0.29) is 23.6 Å². The Morgan fingerprint density at radius 1 is 1.29 bits per heavy atom. The van der Waals surface area contributed by atoms with E-state index in [1.165, 1.54) is 18.3 Å². The van der Waals surface area contributed by atoms with E-state index < -0.39 is 5.82 Å². The SMILES string of the molecule is C=C/C=C(/c1cccc(F)c1)c1nc(Cc2c(N)ncc(C(/C=C\C#CC)=C/C)c2F)[nH]c1C. The summed E-state index contributed by atoms with van der Waals surface area (Å²) in [6, 6.07) is 6.25. The molecule has 0 atom stereocenters. The molecule has 0 aliphatic heterocycles. The number of anilines is 1. The van der Waals surface area contributed by atoms with E-state index in [9.17, 15) is 4.39 Å². The summed E-state index contributed by atoms with van der Waals surface area (Å²) in [6.45, 7) is 9.16. The molecule has 0 amide bonds. The minimum Gasteiger partial charge on any atom is -0.383 e. The van der Waals surface area contributed by atoms with Crippen LogP contribution in [0.25, 0.3) is 11.1 Å². The Balaban J connectivity index is 2.01. The van der Waals surface area contributed by atoms with Crippen molar-refractivity contribution in [1.29, 1.82) is 0 Å². The lowest BCUT2D eigenvalue weighted by Gasteiger charge is -2.10. The molecule has 0 aliphatic carbocycles. The molecule has 3 N–H and O–H groups in total. The fraction of sp³-hybridized carbons (Fsp3) is 0.143. The summed E-state index contributed by atoms with van der Waals surface area (Å²) in [5, 5.41) is 0. The van der Waals surface area contributed by atoms with Crippen LogP contribution < -0.4 is 5.73 Å². The van der Waals surface area contributed by atoms with Gasteiger partial charge < -0.3 is 10.7 Å². The summed E-state index contributed by atoms with van der Waals surface area (Å²) in [5.74, 6) is 5.39. The van der Waals surface area contributed by atoms with Crippen LogP contribution in [-0.4, -0.2) is 15.0 Å². The number of halogens is 2. The van der Waals surface area contributed by atoms with E-state index in [0.29, 0.717) is 33.8 Å². The predicted molar refractivity (Wildman–Crippen MR) is 135 cm³/mol. The number of nitrogen functional groups attached to an aromatic ring is 1. The van der Waals surface area contributed by atoms with Crippen LogP contribution in [0.3, 0.4) is 0 Å². The molecule has 0 bridgehead atoms. The van der Waals surface area contributed by atoms with Gasteiger partial charge in [-0.3, -0.25) is 0 Å². The molecule has 3 aromatic rings. The lowest BCUT2D eigenvalue weighted by atomic mass is 10.0. The van der Waals surface area contributed by atoms with Crippen molar-refractivity contribution in [3.8, 4) is 11.8 Å². The van der Waals surface area contributed by atoms with Gasteiger partial charge in [0, 0.05) is 35.0 Å². The van der Waals surface area contributed by atoms with Crippen LogP contribution in [0.15, 0.2) is 67.4 Å². The Hall–Kier alpha value is -4.24.